The van der Waals surface area contributed by atoms with Gasteiger partial charge >= 0.3 is 12.2 Å². The molecule has 2 atom stereocenters. The average Bonchev–Trinajstić information content (AvgIpc) is 4.08. The molecule has 2 amide bonds. The summed E-state index contributed by atoms with van der Waals surface area (Å²) in [6.07, 6.45) is 4.68. The summed E-state index contributed by atoms with van der Waals surface area (Å²) in [5, 5.41) is 16.7. The van der Waals surface area contributed by atoms with Crippen LogP contribution in [0.1, 0.15) is 92.2 Å². The lowest BCUT2D eigenvalue weighted by Crippen LogP contribution is -2.40. The standard InChI is InChI=1S/C23H27FN4O5.C22H29FN4O5/c1-23(2,3)33-22(30)26-12-7-8-27(10-12)18-15(24)9-14-17(20(18)31-4)28(13-5-6-13)21(29)16-19(14)32-11-25-16;1-22(2,3)32-21(30)25-11-7-8-26(10-11)17-14(23)9-13-16(19(17)31-4)27(12-5-6-12)20(29)15(24)18(13)28/h9,11-13H,5-8,10H2,1-4H3,(H,26,30);9,11-12,28H,5-8,10,24H2,1-4H3,(H,25,30). The second-order valence-corrected chi connectivity index (χ2v) is 19.0. The Morgan fingerprint density at radius 2 is 1.20 bits per heavy atom. The van der Waals surface area contributed by atoms with Gasteiger partial charge in [0.1, 0.15) is 39.3 Å². The molecule has 3 aromatic heterocycles. The molecule has 9 rings (SSSR count). The zero-order valence-corrected chi connectivity index (χ0v) is 37.8. The number of carbonyl (C=O) groups is 2. The second kappa shape index (κ2) is 16.8. The average molecular weight is 907 g/mol. The summed E-state index contributed by atoms with van der Waals surface area (Å²) in [5.74, 6) is -1.10. The number of halogens is 2. The second-order valence-electron chi connectivity index (χ2n) is 19.0. The van der Waals surface area contributed by atoms with Crippen LogP contribution in [0.25, 0.3) is 32.9 Å². The highest BCUT2D eigenvalue weighted by atomic mass is 19.1. The molecule has 0 radical (unpaired) electrons. The summed E-state index contributed by atoms with van der Waals surface area (Å²) >= 11 is 0. The zero-order valence-electron chi connectivity index (χ0n) is 37.8. The van der Waals surface area contributed by atoms with Gasteiger partial charge in [-0.05, 0) is 92.2 Å². The molecular weight excluding hydrogens is 851 g/mol. The fraction of sp³-hybridized carbons (Fsp3) is 0.533. The molecule has 350 valence electrons. The third-order valence-corrected chi connectivity index (χ3v) is 11.7. The van der Waals surface area contributed by atoms with Gasteiger partial charge in [0.25, 0.3) is 11.1 Å². The lowest BCUT2D eigenvalue weighted by atomic mass is 10.1. The summed E-state index contributed by atoms with van der Waals surface area (Å²) in [6.45, 7) is 12.4. The number of nitrogens with zero attached hydrogens (tertiary/aromatic N) is 5. The Kier molecular flexibility index (Phi) is 11.7. The summed E-state index contributed by atoms with van der Waals surface area (Å²) < 4.78 is 61.4. The molecule has 2 saturated carbocycles. The number of alkyl carbamates (subject to hydrolysis) is 2. The number of benzene rings is 2. The summed E-state index contributed by atoms with van der Waals surface area (Å²) in [7, 11) is 2.87. The van der Waals surface area contributed by atoms with Crippen LogP contribution in [0.5, 0.6) is 17.2 Å². The molecule has 2 saturated heterocycles. The van der Waals surface area contributed by atoms with E-state index in [1.807, 2.05) is 4.90 Å². The van der Waals surface area contributed by atoms with E-state index in [1.165, 1.54) is 37.3 Å². The Morgan fingerprint density at radius 3 is 1.65 bits per heavy atom. The minimum absolute atomic E-state index is 0.0217. The Hall–Kier alpha value is -6.47. The zero-order chi connectivity index (χ0) is 46.9. The number of nitrogens with one attached hydrogen (secondary N) is 2. The highest BCUT2D eigenvalue weighted by Crippen LogP contribution is 2.48. The maximum Gasteiger partial charge on any atom is 0.407 e. The molecular formula is C45H56F2N8O10. The van der Waals surface area contributed by atoms with Crippen LogP contribution in [0.15, 0.2) is 32.5 Å². The number of fused-ring (bicyclic) bond motifs is 4. The van der Waals surface area contributed by atoms with Gasteiger partial charge < -0.3 is 54.6 Å². The molecule has 5 aromatic rings. The van der Waals surface area contributed by atoms with E-state index >= 15 is 8.78 Å². The van der Waals surface area contributed by atoms with E-state index < -0.39 is 46.3 Å². The number of amides is 2. The number of anilines is 3. The molecule has 2 unspecified atom stereocenters. The largest absolute Gasteiger partial charge is 0.505 e. The Bertz CT molecular complexity index is 2820. The van der Waals surface area contributed by atoms with Crippen LogP contribution < -0.4 is 46.8 Å². The number of pyridine rings is 2. The van der Waals surface area contributed by atoms with Crippen molar-refractivity contribution in [1.29, 1.82) is 0 Å². The van der Waals surface area contributed by atoms with Gasteiger partial charge in [-0.15, -0.1) is 0 Å². The molecule has 2 aliphatic carbocycles. The Labute approximate surface area is 372 Å². The maximum atomic E-state index is 15.5. The number of oxazole rings is 1. The van der Waals surface area contributed by atoms with Gasteiger partial charge in [-0.1, -0.05) is 0 Å². The van der Waals surface area contributed by atoms with E-state index in [9.17, 15) is 24.3 Å². The van der Waals surface area contributed by atoms with Gasteiger partial charge in [0.15, 0.2) is 46.4 Å². The first-order valence-corrected chi connectivity index (χ1v) is 21.8. The van der Waals surface area contributed by atoms with Crippen molar-refractivity contribution in [1.82, 2.24) is 24.8 Å². The summed E-state index contributed by atoms with van der Waals surface area (Å²) in [6, 6.07) is 2.07. The molecule has 0 spiro atoms. The van der Waals surface area contributed by atoms with Crippen LogP contribution in [0.2, 0.25) is 0 Å². The van der Waals surface area contributed by atoms with Gasteiger partial charge in [-0.25, -0.2) is 23.4 Å². The smallest absolute Gasteiger partial charge is 0.407 e. The van der Waals surface area contributed by atoms with Crippen molar-refractivity contribution in [3.05, 3.63) is 50.9 Å². The van der Waals surface area contributed by atoms with Crippen molar-refractivity contribution in [2.45, 2.75) is 115 Å². The van der Waals surface area contributed by atoms with Gasteiger partial charge in [-0.2, -0.15) is 0 Å². The molecule has 5 heterocycles. The van der Waals surface area contributed by atoms with Crippen LogP contribution in [-0.2, 0) is 9.47 Å². The topological polar surface area (TPSA) is 218 Å². The number of nitrogens with two attached hydrogens (primary N) is 1. The normalized spacial score (nSPS) is 18.8. The fourth-order valence-electron chi connectivity index (χ4n) is 8.78. The van der Waals surface area contributed by atoms with Crippen LogP contribution in [-0.4, -0.2) is 95.1 Å². The van der Waals surface area contributed by atoms with Crippen molar-refractivity contribution >= 4 is 62.2 Å². The van der Waals surface area contributed by atoms with Gasteiger partial charge in [0.05, 0.1) is 31.7 Å². The lowest BCUT2D eigenvalue weighted by Gasteiger charge is -2.25. The number of hydrogen-bond donors (Lipinski definition) is 4. The molecule has 0 bridgehead atoms. The van der Waals surface area contributed by atoms with Crippen molar-refractivity contribution < 1.29 is 46.8 Å². The van der Waals surface area contributed by atoms with Crippen LogP contribution in [0, 0.1) is 11.6 Å². The summed E-state index contributed by atoms with van der Waals surface area (Å²) in [5.41, 5.74) is 5.24. The maximum absolute atomic E-state index is 15.5. The molecule has 20 heteroatoms. The third kappa shape index (κ3) is 8.86. The van der Waals surface area contributed by atoms with Crippen LogP contribution in [0.4, 0.5) is 35.4 Å². The first-order chi connectivity index (χ1) is 30.7. The number of rotatable bonds is 8. The first kappa shape index (κ1) is 45.1. The van der Waals surface area contributed by atoms with Crippen molar-refractivity contribution in [3.8, 4) is 17.2 Å². The molecule has 4 aliphatic rings. The van der Waals surface area contributed by atoms with E-state index in [-0.39, 0.29) is 74.8 Å². The van der Waals surface area contributed by atoms with Crippen molar-refractivity contribution in [3.63, 3.8) is 0 Å². The monoisotopic (exact) mass is 906 g/mol. The van der Waals surface area contributed by atoms with Crippen LogP contribution in [0.3, 0.4) is 0 Å². The lowest BCUT2D eigenvalue weighted by molar-refractivity contribution is 0.0497. The first-order valence-electron chi connectivity index (χ1n) is 21.8. The SMILES string of the molecule is COc1c(N2CCC(NC(=O)OC(C)(C)C)C2)c(F)cc2c(O)c(N)c(=O)n(C3CC3)c12.COc1c(N2CCC(NC(=O)OC(C)(C)C)C2)c(F)cc2c3ocnc3c(=O)n(C3CC3)c12. The highest BCUT2D eigenvalue weighted by Gasteiger charge is 2.37. The van der Waals surface area contributed by atoms with Gasteiger partial charge in [-0.3, -0.25) is 18.7 Å². The quantitative estimate of drug-likeness (QED) is 0.129. The molecule has 65 heavy (non-hydrogen) atoms. The Balaban J connectivity index is 0.000000177. The number of methoxy groups -OCH3 is 2. The molecule has 5 N–H and O–H groups in total. The van der Waals surface area contributed by atoms with Crippen molar-refractivity contribution in [2.75, 3.05) is 55.9 Å². The third-order valence-electron chi connectivity index (χ3n) is 11.7. The number of nitrogen functional groups attached to an aromatic ring is 1. The van der Waals surface area contributed by atoms with Gasteiger partial charge in [0.2, 0.25) is 0 Å². The van der Waals surface area contributed by atoms with Crippen molar-refractivity contribution in [2.24, 2.45) is 0 Å². The fourth-order valence-corrected chi connectivity index (χ4v) is 8.78. The molecule has 4 fully saturated rings. The summed E-state index contributed by atoms with van der Waals surface area (Å²) in [4.78, 5) is 58.0. The predicted molar refractivity (Wildman–Crippen MR) is 240 cm³/mol. The van der Waals surface area contributed by atoms with E-state index in [0.29, 0.717) is 55.4 Å². The number of carbonyl (C=O) groups excluding carboxylic acids is 2. The number of aromatic nitrogens is 3. The highest BCUT2D eigenvalue weighted by molar-refractivity contribution is 6.05. The molecule has 2 aliphatic heterocycles. The van der Waals surface area contributed by atoms with E-state index in [4.69, 9.17) is 29.1 Å². The minimum atomic E-state index is -0.619. The Morgan fingerprint density at radius 1 is 0.754 bits per heavy atom. The van der Waals surface area contributed by atoms with Crippen LogP contribution >= 0.6 is 0 Å². The molecule has 18 nitrogen and oxygen atoms in total. The number of aromatic hydroxyl groups is 1. The van der Waals surface area contributed by atoms with E-state index in [0.717, 1.165) is 25.7 Å². The van der Waals surface area contributed by atoms with E-state index in [2.05, 4.69) is 15.6 Å². The van der Waals surface area contributed by atoms with Gasteiger partial charge in [0, 0.05) is 43.6 Å². The molecule has 2 aromatic carbocycles. The predicted octanol–water partition coefficient (Wildman–Crippen LogP) is 6.60. The number of hydrogen-bond acceptors (Lipinski definition) is 14. The number of ether oxygens (including phenoxy) is 4. The van der Waals surface area contributed by atoms with E-state index in [1.54, 1.807) is 51.0 Å². The minimum Gasteiger partial charge on any atom is -0.505 e.